The number of para-hydroxylation sites is 1. The average molecular weight is 215 g/mol. The molecule has 0 N–H and O–H groups in total. The molecule has 1 aromatic carbocycles. The fourth-order valence-electron chi connectivity index (χ4n) is 1.50. The Balaban J connectivity index is 2.62. The van der Waals surface area contributed by atoms with Crippen molar-refractivity contribution in [2.45, 2.75) is 6.92 Å². The number of fused-ring (bicyclic) bond motifs is 1. The van der Waals surface area contributed by atoms with Crippen LogP contribution in [0.5, 0.6) is 0 Å². The normalized spacial score (nSPS) is 10.0. The fraction of sp³-hybridized carbons (Fsp3) is 0.167. The lowest BCUT2D eigenvalue weighted by molar-refractivity contribution is 0.0492. The Bertz CT molecular complexity index is 577. The summed E-state index contributed by atoms with van der Waals surface area (Å²) >= 11 is 0. The number of hydrogen-bond acceptors (Lipinski definition) is 4. The summed E-state index contributed by atoms with van der Waals surface area (Å²) in [7, 11) is 0. The third kappa shape index (κ3) is 1.52. The summed E-state index contributed by atoms with van der Waals surface area (Å²) in [6, 6.07) is 8.97. The highest BCUT2D eigenvalue weighted by Gasteiger charge is 2.20. The minimum absolute atomic E-state index is 0.0226. The number of benzene rings is 1. The summed E-state index contributed by atoms with van der Waals surface area (Å²) in [4.78, 5) is 11.5. The highest BCUT2D eigenvalue weighted by molar-refractivity contribution is 5.97. The van der Waals surface area contributed by atoms with Crippen molar-refractivity contribution in [2.24, 2.45) is 0 Å². The maximum atomic E-state index is 11.5. The zero-order chi connectivity index (χ0) is 11.5. The predicted molar refractivity (Wildman–Crippen MR) is 56.9 cm³/mol. The molecule has 0 saturated heterocycles. The quantitative estimate of drug-likeness (QED) is 0.722. The largest absolute Gasteiger partial charge is 0.460 e. The first-order valence-corrected chi connectivity index (χ1v) is 4.86. The topological polar surface area (TPSA) is 63.2 Å². The highest BCUT2D eigenvalue weighted by Crippen LogP contribution is 2.25. The summed E-state index contributed by atoms with van der Waals surface area (Å²) < 4.78 is 10.1. The van der Waals surface area contributed by atoms with Crippen LogP contribution < -0.4 is 0 Å². The van der Waals surface area contributed by atoms with Gasteiger partial charge in [-0.2, -0.15) is 5.26 Å². The molecular formula is C12H9NO3. The second kappa shape index (κ2) is 4.07. The van der Waals surface area contributed by atoms with Crippen molar-refractivity contribution in [3.8, 4) is 6.07 Å². The summed E-state index contributed by atoms with van der Waals surface area (Å²) in [6.07, 6.45) is 0. The zero-order valence-corrected chi connectivity index (χ0v) is 8.69. The number of carbonyl (C=O) groups is 1. The van der Waals surface area contributed by atoms with E-state index in [2.05, 4.69) is 0 Å². The van der Waals surface area contributed by atoms with E-state index in [1.165, 1.54) is 0 Å². The molecule has 0 aliphatic carbocycles. The molecule has 0 bridgehead atoms. The molecule has 4 nitrogen and oxygen atoms in total. The van der Waals surface area contributed by atoms with Gasteiger partial charge >= 0.3 is 5.97 Å². The molecule has 80 valence electrons. The number of esters is 1. The molecule has 0 spiro atoms. The van der Waals surface area contributed by atoms with E-state index in [4.69, 9.17) is 14.4 Å². The Labute approximate surface area is 92.0 Å². The first kappa shape index (κ1) is 10.2. The van der Waals surface area contributed by atoms with Gasteiger partial charge in [0.15, 0.2) is 0 Å². The van der Waals surface area contributed by atoms with Gasteiger partial charge in [-0.3, -0.25) is 0 Å². The van der Waals surface area contributed by atoms with Crippen LogP contribution in [0.15, 0.2) is 28.7 Å². The van der Waals surface area contributed by atoms with E-state index >= 15 is 0 Å². The Morgan fingerprint density at radius 2 is 2.25 bits per heavy atom. The molecule has 2 rings (SSSR count). The van der Waals surface area contributed by atoms with Crippen LogP contribution in [0.4, 0.5) is 0 Å². The minimum atomic E-state index is -0.602. The molecule has 0 radical (unpaired) electrons. The van der Waals surface area contributed by atoms with Crippen LogP contribution in [-0.2, 0) is 4.74 Å². The van der Waals surface area contributed by atoms with E-state index in [-0.39, 0.29) is 17.9 Å². The molecule has 0 aliphatic heterocycles. The Hall–Kier alpha value is -2.28. The van der Waals surface area contributed by atoms with Gasteiger partial charge in [0, 0.05) is 5.39 Å². The van der Waals surface area contributed by atoms with Crippen molar-refractivity contribution in [1.29, 1.82) is 5.26 Å². The molecule has 0 amide bonds. The van der Waals surface area contributed by atoms with Crippen molar-refractivity contribution >= 4 is 16.9 Å². The molecule has 4 heteroatoms. The first-order valence-electron chi connectivity index (χ1n) is 4.86. The average Bonchev–Trinajstić information content (AvgIpc) is 2.67. The van der Waals surface area contributed by atoms with Crippen LogP contribution in [0, 0.1) is 11.3 Å². The Kier molecular flexibility index (Phi) is 2.61. The Morgan fingerprint density at radius 3 is 2.94 bits per heavy atom. The van der Waals surface area contributed by atoms with E-state index in [0.29, 0.717) is 11.0 Å². The molecule has 1 heterocycles. The standard InChI is InChI=1S/C12H9NO3/c1-2-15-12(14)11-9(7-13)8-5-3-4-6-10(8)16-11/h3-6H,2H2,1H3. The van der Waals surface area contributed by atoms with E-state index in [1.54, 1.807) is 31.2 Å². The van der Waals surface area contributed by atoms with Crippen molar-refractivity contribution in [2.75, 3.05) is 6.61 Å². The van der Waals surface area contributed by atoms with Crippen LogP contribution >= 0.6 is 0 Å². The molecule has 0 fully saturated rings. The fourth-order valence-corrected chi connectivity index (χ4v) is 1.50. The molecule has 16 heavy (non-hydrogen) atoms. The number of rotatable bonds is 2. The van der Waals surface area contributed by atoms with Crippen molar-refractivity contribution in [3.05, 3.63) is 35.6 Å². The SMILES string of the molecule is CCOC(=O)c1oc2ccccc2c1C#N. The first-order chi connectivity index (χ1) is 7.77. The van der Waals surface area contributed by atoms with Crippen molar-refractivity contribution < 1.29 is 13.9 Å². The summed E-state index contributed by atoms with van der Waals surface area (Å²) in [5, 5.41) is 9.64. The number of carbonyl (C=O) groups excluding carboxylic acids is 1. The van der Waals surface area contributed by atoms with Gasteiger partial charge in [0.1, 0.15) is 17.2 Å². The highest BCUT2D eigenvalue weighted by atomic mass is 16.5. The van der Waals surface area contributed by atoms with Crippen molar-refractivity contribution in [3.63, 3.8) is 0 Å². The van der Waals surface area contributed by atoms with Gasteiger partial charge in [0.2, 0.25) is 5.76 Å². The number of nitriles is 1. The molecule has 0 unspecified atom stereocenters. The van der Waals surface area contributed by atoms with Gasteiger partial charge in [-0.05, 0) is 19.1 Å². The smallest absolute Gasteiger partial charge is 0.375 e. The monoisotopic (exact) mass is 215 g/mol. The van der Waals surface area contributed by atoms with Gasteiger partial charge in [0.25, 0.3) is 0 Å². The lowest BCUT2D eigenvalue weighted by atomic mass is 10.1. The van der Waals surface area contributed by atoms with Gasteiger partial charge in [-0.1, -0.05) is 12.1 Å². The van der Waals surface area contributed by atoms with Crippen LogP contribution in [-0.4, -0.2) is 12.6 Å². The van der Waals surface area contributed by atoms with E-state index < -0.39 is 5.97 Å². The number of ether oxygens (including phenoxy) is 1. The third-order valence-electron chi connectivity index (χ3n) is 2.17. The van der Waals surface area contributed by atoms with Crippen LogP contribution in [0.3, 0.4) is 0 Å². The predicted octanol–water partition coefficient (Wildman–Crippen LogP) is 2.48. The second-order valence-corrected chi connectivity index (χ2v) is 3.13. The molecule has 1 aromatic heterocycles. The van der Waals surface area contributed by atoms with Crippen LogP contribution in [0.25, 0.3) is 11.0 Å². The van der Waals surface area contributed by atoms with Gasteiger partial charge in [-0.15, -0.1) is 0 Å². The number of hydrogen-bond donors (Lipinski definition) is 0. The summed E-state index contributed by atoms with van der Waals surface area (Å²) in [5.74, 6) is -0.624. The molecular weight excluding hydrogens is 206 g/mol. The maximum Gasteiger partial charge on any atom is 0.375 e. The van der Waals surface area contributed by atoms with Gasteiger partial charge in [0.05, 0.1) is 6.61 Å². The molecule has 0 saturated carbocycles. The third-order valence-corrected chi connectivity index (χ3v) is 2.17. The number of furan rings is 1. The van der Waals surface area contributed by atoms with Crippen molar-refractivity contribution in [1.82, 2.24) is 0 Å². The lowest BCUT2D eigenvalue weighted by Gasteiger charge is -1.96. The zero-order valence-electron chi connectivity index (χ0n) is 8.69. The number of nitrogens with zero attached hydrogens (tertiary/aromatic N) is 1. The Morgan fingerprint density at radius 1 is 1.50 bits per heavy atom. The van der Waals surface area contributed by atoms with Crippen LogP contribution in [0.1, 0.15) is 23.0 Å². The van der Waals surface area contributed by atoms with Gasteiger partial charge in [-0.25, -0.2) is 4.79 Å². The summed E-state index contributed by atoms with van der Waals surface area (Å²) in [6.45, 7) is 1.95. The van der Waals surface area contributed by atoms with E-state index in [0.717, 1.165) is 0 Å². The second-order valence-electron chi connectivity index (χ2n) is 3.13. The molecule has 0 aliphatic rings. The summed E-state index contributed by atoms with van der Waals surface area (Å²) in [5.41, 5.74) is 0.746. The van der Waals surface area contributed by atoms with E-state index in [1.807, 2.05) is 6.07 Å². The van der Waals surface area contributed by atoms with E-state index in [9.17, 15) is 4.79 Å². The maximum absolute atomic E-state index is 11.5. The molecule has 0 atom stereocenters. The minimum Gasteiger partial charge on any atom is -0.460 e. The van der Waals surface area contributed by atoms with Crippen LogP contribution in [0.2, 0.25) is 0 Å². The molecule has 2 aromatic rings. The lowest BCUT2D eigenvalue weighted by Crippen LogP contribution is -2.04. The van der Waals surface area contributed by atoms with Gasteiger partial charge < -0.3 is 9.15 Å².